The molecule has 26 heavy (non-hydrogen) atoms. The van der Waals surface area contributed by atoms with Crippen LogP contribution in [0.3, 0.4) is 0 Å². The molecule has 0 bridgehead atoms. The zero-order valence-corrected chi connectivity index (χ0v) is 14.4. The quantitative estimate of drug-likeness (QED) is 0.789. The van der Waals surface area contributed by atoms with Gasteiger partial charge < -0.3 is 10.6 Å². The highest BCUT2D eigenvalue weighted by molar-refractivity contribution is 6.04. The van der Waals surface area contributed by atoms with E-state index in [4.69, 9.17) is 0 Å². The number of amides is 2. The number of alkyl halides is 3. The van der Waals surface area contributed by atoms with Gasteiger partial charge in [-0.1, -0.05) is 32.0 Å². The van der Waals surface area contributed by atoms with Crippen molar-refractivity contribution in [3.8, 4) is 0 Å². The molecule has 0 spiro atoms. The van der Waals surface area contributed by atoms with E-state index in [1.54, 1.807) is 30.3 Å². The Labute approximate surface area is 149 Å². The van der Waals surface area contributed by atoms with Crippen molar-refractivity contribution in [1.82, 2.24) is 0 Å². The monoisotopic (exact) mass is 364 g/mol. The van der Waals surface area contributed by atoms with Crippen LogP contribution in [0.1, 0.15) is 36.2 Å². The minimum Gasteiger partial charge on any atom is -0.326 e. The fourth-order valence-electron chi connectivity index (χ4n) is 2.31. The number of carbonyl (C=O) groups is 2. The smallest absolute Gasteiger partial charge is 0.326 e. The predicted octanol–water partition coefficient (Wildman–Crippen LogP) is 4.94. The van der Waals surface area contributed by atoms with Gasteiger partial charge in [-0.05, 0) is 36.2 Å². The van der Waals surface area contributed by atoms with Gasteiger partial charge in [0, 0.05) is 23.4 Å². The van der Waals surface area contributed by atoms with Crippen molar-refractivity contribution in [3.63, 3.8) is 0 Å². The fraction of sp³-hybridized carbons (Fsp3) is 0.263. The van der Waals surface area contributed by atoms with E-state index in [1.807, 2.05) is 13.8 Å². The Morgan fingerprint density at radius 1 is 0.962 bits per heavy atom. The van der Waals surface area contributed by atoms with E-state index in [2.05, 4.69) is 10.6 Å². The summed E-state index contributed by atoms with van der Waals surface area (Å²) in [5.41, 5.74) is -0.708. The number of carbonyl (C=O) groups excluding carboxylic acids is 2. The van der Waals surface area contributed by atoms with Crippen LogP contribution >= 0.6 is 0 Å². The molecular weight excluding hydrogens is 345 g/mol. The molecule has 0 aliphatic rings. The first-order chi connectivity index (χ1) is 12.1. The Hall–Kier alpha value is -2.83. The van der Waals surface area contributed by atoms with Crippen molar-refractivity contribution in [2.75, 3.05) is 10.6 Å². The minimum atomic E-state index is -4.61. The molecule has 0 aliphatic carbocycles. The van der Waals surface area contributed by atoms with Crippen LogP contribution in [0.4, 0.5) is 24.5 Å². The van der Waals surface area contributed by atoms with Crippen LogP contribution < -0.4 is 10.6 Å². The molecule has 2 rings (SSSR count). The third-order valence-electron chi connectivity index (χ3n) is 3.43. The predicted molar refractivity (Wildman–Crippen MR) is 93.9 cm³/mol. The van der Waals surface area contributed by atoms with Crippen LogP contribution in [0, 0.1) is 5.92 Å². The Morgan fingerprint density at radius 3 is 2.08 bits per heavy atom. The third-order valence-corrected chi connectivity index (χ3v) is 3.43. The molecule has 0 unspecified atom stereocenters. The first-order valence-electron chi connectivity index (χ1n) is 8.03. The van der Waals surface area contributed by atoms with Crippen molar-refractivity contribution in [3.05, 3.63) is 59.7 Å². The molecule has 0 heterocycles. The molecule has 0 aliphatic heterocycles. The maximum absolute atomic E-state index is 13.1. The van der Waals surface area contributed by atoms with Gasteiger partial charge in [-0.15, -0.1) is 0 Å². The molecular formula is C19H19F3N2O2. The molecule has 2 aromatic carbocycles. The number of benzene rings is 2. The second-order valence-electron chi connectivity index (χ2n) is 6.26. The molecule has 4 nitrogen and oxygen atoms in total. The average Bonchev–Trinajstić information content (AvgIpc) is 2.53. The van der Waals surface area contributed by atoms with Gasteiger partial charge in [0.15, 0.2) is 0 Å². The lowest BCUT2D eigenvalue weighted by atomic mass is 10.1. The fourth-order valence-corrected chi connectivity index (χ4v) is 2.31. The number of nitrogens with one attached hydrogen (secondary N) is 2. The highest BCUT2D eigenvalue weighted by Gasteiger charge is 2.31. The molecule has 0 atom stereocenters. The second-order valence-corrected chi connectivity index (χ2v) is 6.26. The molecule has 2 aromatic rings. The standard InChI is InChI=1S/C19H19F3N2O2/c1-12(2)8-17(25)23-15-9-14(19(20,21)22)10-16(11-15)24-18(26)13-6-4-3-5-7-13/h3-7,9-12H,8H2,1-2H3,(H,23,25)(H,24,26). The molecule has 7 heteroatoms. The minimum absolute atomic E-state index is 0.0196. The summed E-state index contributed by atoms with van der Waals surface area (Å²) in [6, 6.07) is 11.1. The van der Waals surface area contributed by atoms with E-state index in [0.717, 1.165) is 12.1 Å². The van der Waals surface area contributed by atoms with Crippen molar-refractivity contribution in [2.45, 2.75) is 26.4 Å². The highest BCUT2D eigenvalue weighted by Crippen LogP contribution is 2.33. The highest BCUT2D eigenvalue weighted by atomic mass is 19.4. The van der Waals surface area contributed by atoms with Crippen LogP contribution in [-0.4, -0.2) is 11.8 Å². The van der Waals surface area contributed by atoms with Crippen molar-refractivity contribution in [2.24, 2.45) is 5.92 Å². The lowest BCUT2D eigenvalue weighted by Gasteiger charge is -2.14. The van der Waals surface area contributed by atoms with E-state index in [0.29, 0.717) is 5.56 Å². The largest absolute Gasteiger partial charge is 0.416 e. The lowest BCUT2D eigenvalue weighted by molar-refractivity contribution is -0.137. The summed E-state index contributed by atoms with van der Waals surface area (Å²) in [5.74, 6) is -0.859. The van der Waals surface area contributed by atoms with E-state index in [-0.39, 0.29) is 29.6 Å². The first-order valence-corrected chi connectivity index (χ1v) is 8.03. The second kappa shape index (κ2) is 8.03. The Kier molecular flexibility index (Phi) is 6.02. The molecule has 0 aromatic heterocycles. The SMILES string of the molecule is CC(C)CC(=O)Nc1cc(NC(=O)c2ccccc2)cc(C(F)(F)F)c1. The van der Waals surface area contributed by atoms with Gasteiger partial charge in [0.1, 0.15) is 0 Å². The van der Waals surface area contributed by atoms with Crippen molar-refractivity contribution >= 4 is 23.2 Å². The van der Waals surface area contributed by atoms with Crippen LogP contribution in [0.5, 0.6) is 0 Å². The van der Waals surface area contributed by atoms with Crippen LogP contribution in [0.25, 0.3) is 0 Å². The maximum Gasteiger partial charge on any atom is 0.416 e. The van der Waals surface area contributed by atoms with E-state index in [9.17, 15) is 22.8 Å². The molecule has 0 fully saturated rings. The summed E-state index contributed by atoms with van der Waals surface area (Å²) in [5, 5.41) is 4.88. The first kappa shape index (κ1) is 19.5. The zero-order valence-electron chi connectivity index (χ0n) is 14.4. The molecule has 138 valence electrons. The summed E-state index contributed by atoms with van der Waals surface area (Å²) >= 11 is 0. The van der Waals surface area contributed by atoms with E-state index < -0.39 is 17.6 Å². The van der Waals surface area contributed by atoms with Crippen LogP contribution in [-0.2, 0) is 11.0 Å². The van der Waals surface area contributed by atoms with Gasteiger partial charge in [0.05, 0.1) is 5.56 Å². The van der Waals surface area contributed by atoms with Crippen molar-refractivity contribution < 1.29 is 22.8 Å². The molecule has 0 radical (unpaired) electrons. The average molecular weight is 364 g/mol. The normalized spacial score (nSPS) is 11.3. The van der Waals surface area contributed by atoms with Gasteiger partial charge in [-0.3, -0.25) is 9.59 Å². The maximum atomic E-state index is 13.1. The number of rotatable bonds is 5. The van der Waals surface area contributed by atoms with Gasteiger partial charge in [-0.25, -0.2) is 0 Å². The van der Waals surface area contributed by atoms with Crippen LogP contribution in [0.15, 0.2) is 48.5 Å². The Morgan fingerprint density at radius 2 is 1.54 bits per heavy atom. The van der Waals surface area contributed by atoms with Gasteiger partial charge >= 0.3 is 6.18 Å². The number of halogens is 3. The van der Waals surface area contributed by atoms with Gasteiger partial charge in [0.2, 0.25) is 5.91 Å². The zero-order chi connectivity index (χ0) is 19.3. The summed E-state index contributed by atoms with van der Waals surface area (Å²) in [6.07, 6.45) is -4.42. The Bertz CT molecular complexity index is 787. The third kappa shape index (κ3) is 5.61. The number of hydrogen-bond donors (Lipinski definition) is 2. The van der Waals surface area contributed by atoms with Gasteiger partial charge in [0.25, 0.3) is 5.91 Å². The summed E-state index contributed by atoms with van der Waals surface area (Å²) in [7, 11) is 0. The van der Waals surface area contributed by atoms with E-state index in [1.165, 1.54) is 6.07 Å². The summed E-state index contributed by atoms with van der Waals surface area (Å²) in [6.45, 7) is 3.66. The topological polar surface area (TPSA) is 58.2 Å². The summed E-state index contributed by atoms with van der Waals surface area (Å²) < 4.78 is 39.4. The molecule has 2 amide bonds. The van der Waals surface area contributed by atoms with Crippen molar-refractivity contribution in [1.29, 1.82) is 0 Å². The van der Waals surface area contributed by atoms with E-state index >= 15 is 0 Å². The molecule has 0 saturated carbocycles. The Balaban J connectivity index is 2.28. The van der Waals surface area contributed by atoms with Gasteiger partial charge in [-0.2, -0.15) is 13.2 Å². The number of hydrogen-bond acceptors (Lipinski definition) is 2. The lowest BCUT2D eigenvalue weighted by Crippen LogP contribution is -2.17. The van der Waals surface area contributed by atoms with Crippen LogP contribution in [0.2, 0.25) is 0 Å². The molecule has 2 N–H and O–H groups in total. The number of anilines is 2. The molecule has 0 saturated heterocycles. The summed E-state index contributed by atoms with van der Waals surface area (Å²) in [4.78, 5) is 24.0.